The molecule has 1 saturated heterocycles. The van der Waals surface area contributed by atoms with Gasteiger partial charge < -0.3 is 5.32 Å². The van der Waals surface area contributed by atoms with Crippen molar-refractivity contribution in [2.45, 2.75) is 12.5 Å². The van der Waals surface area contributed by atoms with E-state index in [-0.39, 0.29) is 6.04 Å². The SMILES string of the molecule is Brc1ccccc1C(c1cccnc1)N1CCCNCC1. The lowest BCUT2D eigenvalue weighted by Crippen LogP contribution is -2.33. The van der Waals surface area contributed by atoms with E-state index in [1.54, 1.807) is 0 Å². The van der Waals surface area contributed by atoms with Crippen molar-refractivity contribution in [2.75, 3.05) is 26.2 Å². The van der Waals surface area contributed by atoms with E-state index in [0.717, 1.165) is 30.7 Å². The van der Waals surface area contributed by atoms with Crippen LogP contribution < -0.4 is 5.32 Å². The molecule has 21 heavy (non-hydrogen) atoms. The first-order valence-corrected chi connectivity index (χ1v) is 8.24. The predicted molar refractivity (Wildman–Crippen MR) is 89.3 cm³/mol. The van der Waals surface area contributed by atoms with Crippen molar-refractivity contribution in [3.05, 3.63) is 64.4 Å². The van der Waals surface area contributed by atoms with Crippen molar-refractivity contribution >= 4 is 15.9 Å². The fourth-order valence-corrected chi connectivity index (χ4v) is 3.45. The maximum atomic E-state index is 4.32. The first-order chi connectivity index (χ1) is 10.4. The molecule has 0 radical (unpaired) electrons. The fraction of sp³-hybridized carbons (Fsp3) is 0.353. The summed E-state index contributed by atoms with van der Waals surface area (Å²) in [6.07, 6.45) is 5.01. The van der Waals surface area contributed by atoms with E-state index < -0.39 is 0 Å². The van der Waals surface area contributed by atoms with Gasteiger partial charge in [-0.25, -0.2) is 0 Å². The normalized spacial score (nSPS) is 18.1. The molecule has 0 saturated carbocycles. The number of hydrogen-bond acceptors (Lipinski definition) is 3. The van der Waals surface area contributed by atoms with Gasteiger partial charge >= 0.3 is 0 Å². The van der Waals surface area contributed by atoms with E-state index in [1.165, 1.54) is 17.5 Å². The van der Waals surface area contributed by atoms with Crippen molar-refractivity contribution in [2.24, 2.45) is 0 Å². The summed E-state index contributed by atoms with van der Waals surface area (Å²) in [6.45, 7) is 4.31. The monoisotopic (exact) mass is 345 g/mol. The first-order valence-electron chi connectivity index (χ1n) is 7.45. The number of nitrogens with zero attached hydrogens (tertiary/aromatic N) is 2. The zero-order chi connectivity index (χ0) is 14.5. The minimum atomic E-state index is 0.258. The lowest BCUT2D eigenvalue weighted by Gasteiger charge is -2.31. The summed E-state index contributed by atoms with van der Waals surface area (Å²) in [4.78, 5) is 6.87. The van der Waals surface area contributed by atoms with Crippen LogP contribution in [0.3, 0.4) is 0 Å². The van der Waals surface area contributed by atoms with Crippen molar-refractivity contribution < 1.29 is 0 Å². The number of rotatable bonds is 3. The largest absolute Gasteiger partial charge is 0.315 e. The minimum absolute atomic E-state index is 0.258. The second-order valence-electron chi connectivity index (χ2n) is 5.35. The Morgan fingerprint density at radius 1 is 1.10 bits per heavy atom. The molecule has 1 aromatic carbocycles. The highest BCUT2D eigenvalue weighted by atomic mass is 79.9. The summed E-state index contributed by atoms with van der Waals surface area (Å²) < 4.78 is 1.16. The third kappa shape index (κ3) is 3.51. The average molecular weight is 346 g/mol. The number of pyridine rings is 1. The number of nitrogens with one attached hydrogen (secondary N) is 1. The zero-order valence-electron chi connectivity index (χ0n) is 12.0. The van der Waals surface area contributed by atoms with Gasteiger partial charge in [0.2, 0.25) is 0 Å². The zero-order valence-corrected chi connectivity index (χ0v) is 13.6. The topological polar surface area (TPSA) is 28.2 Å². The fourth-order valence-electron chi connectivity index (χ4n) is 2.95. The summed E-state index contributed by atoms with van der Waals surface area (Å²) in [5.41, 5.74) is 2.57. The van der Waals surface area contributed by atoms with Crippen LogP contribution in [0, 0.1) is 0 Å². The molecule has 110 valence electrons. The van der Waals surface area contributed by atoms with Gasteiger partial charge in [-0.3, -0.25) is 9.88 Å². The van der Waals surface area contributed by atoms with Crippen LogP contribution in [0.25, 0.3) is 0 Å². The number of aromatic nitrogens is 1. The van der Waals surface area contributed by atoms with Gasteiger partial charge in [0.25, 0.3) is 0 Å². The number of benzene rings is 1. The molecular weight excluding hydrogens is 326 g/mol. The second-order valence-corrected chi connectivity index (χ2v) is 6.20. The quantitative estimate of drug-likeness (QED) is 0.925. The molecule has 3 nitrogen and oxygen atoms in total. The highest BCUT2D eigenvalue weighted by Crippen LogP contribution is 2.33. The second kappa shape index (κ2) is 7.16. The van der Waals surface area contributed by atoms with Gasteiger partial charge in [0, 0.05) is 36.5 Å². The van der Waals surface area contributed by atoms with E-state index >= 15 is 0 Å². The summed E-state index contributed by atoms with van der Waals surface area (Å²) in [7, 11) is 0. The molecule has 0 amide bonds. The van der Waals surface area contributed by atoms with Gasteiger partial charge in [0.1, 0.15) is 0 Å². The van der Waals surface area contributed by atoms with E-state index in [4.69, 9.17) is 0 Å². The molecule has 2 heterocycles. The Morgan fingerprint density at radius 2 is 2.00 bits per heavy atom. The Morgan fingerprint density at radius 3 is 2.81 bits per heavy atom. The Labute approximate surface area is 134 Å². The van der Waals surface area contributed by atoms with Crippen LogP contribution in [0.5, 0.6) is 0 Å². The van der Waals surface area contributed by atoms with Crippen LogP contribution in [-0.2, 0) is 0 Å². The maximum absolute atomic E-state index is 4.32. The Kier molecular flexibility index (Phi) is 5.01. The highest BCUT2D eigenvalue weighted by Gasteiger charge is 2.24. The molecule has 1 aromatic heterocycles. The highest BCUT2D eigenvalue weighted by molar-refractivity contribution is 9.10. The average Bonchev–Trinajstić information content (AvgIpc) is 2.80. The standard InChI is InChI=1S/C17H20BrN3/c18-16-7-2-1-6-15(16)17(14-5-3-8-20-13-14)21-11-4-9-19-10-12-21/h1-3,5-8,13,17,19H,4,9-12H2. The molecule has 0 bridgehead atoms. The van der Waals surface area contributed by atoms with Gasteiger partial charge in [-0.2, -0.15) is 0 Å². The van der Waals surface area contributed by atoms with Crippen LogP contribution in [0.4, 0.5) is 0 Å². The van der Waals surface area contributed by atoms with Gasteiger partial charge in [-0.1, -0.05) is 40.2 Å². The van der Waals surface area contributed by atoms with E-state index in [2.05, 4.69) is 61.5 Å². The molecule has 1 N–H and O–H groups in total. The van der Waals surface area contributed by atoms with Gasteiger partial charge in [-0.05, 0) is 36.2 Å². The molecule has 1 unspecified atom stereocenters. The van der Waals surface area contributed by atoms with E-state index in [1.807, 2.05) is 18.5 Å². The Balaban J connectivity index is 2.00. The van der Waals surface area contributed by atoms with Crippen LogP contribution in [-0.4, -0.2) is 36.1 Å². The molecule has 4 heteroatoms. The Hall–Kier alpha value is -1.23. The third-order valence-corrected chi connectivity index (χ3v) is 4.66. The lowest BCUT2D eigenvalue weighted by atomic mass is 9.98. The van der Waals surface area contributed by atoms with E-state index in [9.17, 15) is 0 Å². The van der Waals surface area contributed by atoms with E-state index in [0.29, 0.717) is 0 Å². The first kappa shape index (κ1) is 14.7. The molecule has 1 aliphatic rings. The molecule has 0 aliphatic carbocycles. The molecule has 0 spiro atoms. The molecule has 2 aromatic rings. The van der Waals surface area contributed by atoms with Crippen LogP contribution in [0.2, 0.25) is 0 Å². The molecule has 1 atom stereocenters. The summed E-state index contributed by atoms with van der Waals surface area (Å²) >= 11 is 3.72. The molecule has 3 rings (SSSR count). The smallest absolute Gasteiger partial charge is 0.0628 e. The summed E-state index contributed by atoms with van der Waals surface area (Å²) in [5.74, 6) is 0. The van der Waals surface area contributed by atoms with Crippen LogP contribution in [0.1, 0.15) is 23.6 Å². The molecule has 1 fully saturated rings. The van der Waals surface area contributed by atoms with Crippen molar-refractivity contribution in [3.63, 3.8) is 0 Å². The molecular formula is C17H20BrN3. The van der Waals surface area contributed by atoms with Gasteiger partial charge in [-0.15, -0.1) is 0 Å². The van der Waals surface area contributed by atoms with Gasteiger partial charge in [0.05, 0.1) is 6.04 Å². The van der Waals surface area contributed by atoms with Crippen LogP contribution in [0.15, 0.2) is 53.3 Å². The van der Waals surface area contributed by atoms with Crippen molar-refractivity contribution in [1.29, 1.82) is 0 Å². The Bertz CT molecular complexity index is 565. The predicted octanol–water partition coefficient (Wildman–Crippen LogP) is 3.23. The molecule has 1 aliphatic heterocycles. The maximum Gasteiger partial charge on any atom is 0.0628 e. The lowest BCUT2D eigenvalue weighted by molar-refractivity contribution is 0.240. The van der Waals surface area contributed by atoms with Crippen LogP contribution >= 0.6 is 15.9 Å². The third-order valence-electron chi connectivity index (χ3n) is 3.94. The van der Waals surface area contributed by atoms with Gasteiger partial charge in [0.15, 0.2) is 0 Å². The summed E-state index contributed by atoms with van der Waals surface area (Å²) in [6, 6.07) is 13.0. The van der Waals surface area contributed by atoms with Crippen molar-refractivity contribution in [1.82, 2.24) is 15.2 Å². The number of halogens is 1. The summed E-state index contributed by atoms with van der Waals surface area (Å²) in [5, 5.41) is 3.48. The minimum Gasteiger partial charge on any atom is -0.315 e. The van der Waals surface area contributed by atoms with Crippen molar-refractivity contribution in [3.8, 4) is 0 Å². The number of hydrogen-bond donors (Lipinski definition) is 1.